The van der Waals surface area contributed by atoms with Crippen LogP contribution in [-0.2, 0) is 0 Å². The Morgan fingerprint density at radius 1 is 1.11 bits per heavy atom. The number of hydrogen-bond donors (Lipinski definition) is 2. The van der Waals surface area contributed by atoms with Crippen molar-refractivity contribution in [3.05, 3.63) is 0 Å². The molecule has 102 valence electrons. The van der Waals surface area contributed by atoms with Crippen molar-refractivity contribution in [1.82, 2.24) is 9.80 Å². The molecule has 6 nitrogen and oxygen atoms in total. The lowest BCUT2D eigenvalue weighted by atomic mass is 10.0. The number of rotatable bonds is 1. The SMILES string of the molecule is NC(=NO)C1CCCCN1C(=O)N1CCCCC1. The minimum atomic E-state index is -0.238. The second kappa shape index (κ2) is 5.93. The van der Waals surface area contributed by atoms with E-state index in [0.717, 1.165) is 45.2 Å². The van der Waals surface area contributed by atoms with Gasteiger partial charge in [0.15, 0.2) is 5.84 Å². The largest absolute Gasteiger partial charge is 0.409 e. The van der Waals surface area contributed by atoms with Crippen LogP contribution in [0.25, 0.3) is 0 Å². The van der Waals surface area contributed by atoms with Crippen LogP contribution in [0.2, 0.25) is 0 Å². The fraction of sp³-hybridized carbons (Fsp3) is 0.833. The number of nitrogens with zero attached hydrogens (tertiary/aromatic N) is 3. The monoisotopic (exact) mass is 254 g/mol. The molecule has 2 aliphatic heterocycles. The zero-order valence-corrected chi connectivity index (χ0v) is 10.7. The molecular formula is C12H22N4O2. The molecular weight excluding hydrogens is 232 g/mol. The van der Waals surface area contributed by atoms with E-state index in [0.29, 0.717) is 6.54 Å². The van der Waals surface area contributed by atoms with Gasteiger partial charge < -0.3 is 20.7 Å². The molecule has 2 heterocycles. The third kappa shape index (κ3) is 2.68. The number of urea groups is 1. The summed E-state index contributed by atoms with van der Waals surface area (Å²) in [4.78, 5) is 16.1. The molecule has 0 aromatic heterocycles. The number of carbonyl (C=O) groups excluding carboxylic acids is 1. The number of nitrogens with two attached hydrogens (primary N) is 1. The summed E-state index contributed by atoms with van der Waals surface area (Å²) in [7, 11) is 0. The number of oxime groups is 1. The van der Waals surface area contributed by atoms with Gasteiger partial charge in [-0.05, 0) is 38.5 Å². The zero-order valence-electron chi connectivity index (χ0n) is 10.7. The van der Waals surface area contributed by atoms with E-state index >= 15 is 0 Å². The van der Waals surface area contributed by atoms with Gasteiger partial charge in [0.05, 0.1) is 6.04 Å². The lowest BCUT2D eigenvalue weighted by molar-refractivity contribution is 0.123. The van der Waals surface area contributed by atoms with Gasteiger partial charge in [-0.2, -0.15) is 0 Å². The standard InChI is InChI=1S/C12H22N4O2/c13-11(14-18)10-6-2-5-9-16(10)12(17)15-7-3-1-4-8-15/h10,18H,1-9H2,(H2,13,14). The normalized spacial score (nSPS) is 26.2. The highest BCUT2D eigenvalue weighted by Crippen LogP contribution is 2.20. The summed E-state index contributed by atoms with van der Waals surface area (Å²) < 4.78 is 0. The van der Waals surface area contributed by atoms with Crippen LogP contribution in [0.4, 0.5) is 4.79 Å². The first kappa shape index (κ1) is 13.0. The van der Waals surface area contributed by atoms with E-state index in [1.54, 1.807) is 4.90 Å². The van der Waals surface area contributed by atoms with E-state index in [9.17, 15) is 4.79 Å². The summed E-state index contributed by atoms with van der Waals surface area (Å²) in [6, 6.07) is -0.191. The molecule has 2 saturated heterocycles. The number of amidine groups is 1. The van der Waals surface area contributed by atoms with E-state index in [1.165, 1.54) is 6.42 Å². The minimum absolute atomic E-state index is 0.0472. The molecule has 0 aromatic carbocycles. The summed E-state index contributed by atoms with van der Waals surface area (Å²) in [6.45, 7) is 2.37. The number of piperidine rings is 2. The van der Waals surface area contributed by atoms with Gasteiger partial charge in [-0.1, -0.05) is 5.16 Å². The lowest BCUT2D eigenvalue weighted by Crippen LogP contribution is -2.55. The first-order valence-electron chi connectivity index (χ1n) is 6.77. The first-order chi connectivity index (χ1) is 8.74. The summed E-state index contributed by atoms with van der Waals surface area (Å²) >= 11 is 0. The van der Waals surface area contributed by atoms with Gasteiger partial charge in [-0.15, -0.1) is 0 Å². The van der Waals surface area contributed by atoms with Crippen LogP contribution in [0.3, 0.4) is 0 Å². The average molecular weight is 254 g/mol. The van der Waals surface area contributed by atoms with Crippen molar-refractivity contribution in [3.8, 4) is 0 Å². The van der Waals surface area contributed by atoms with E-state index in [4.69, 9.17) is 10.9 Å². The number of carbonyl (C=O) groups is 1. The highest BCUT2D eigenvalue weighted by Gasteiger charge is 2.32. The van der Waals surface area contributed by atoms with Crippen LogP contribution in [0, 0.1) is 0 Å². The van der Waals surface area contributed by atoms with Gasteiger partial charge in [0.1, 0.15) is 0 Å². The van der Waals surface area contributed by atoms with E-state index in [1.807, 2.05) is 4.90 Å². The maximum absolute atomic E-state index is 12.4. The highest BCUT2D eigenvalue weighted by atomic mass is 16.4. The fourth-order valence-electron chi connectivity index (χ4n) is 2.80. The molecule has 0 radical (unpaired) electrons. The number of likely N-dealkylation sites (tertiary alicyclic amines) is 2. The van der Waals surface area contributed by atoms with Crippen LogP contribution in [0.15, 0.2) is 5.16 Å². The van der Waals surface area contributed by atoms with Crippen LogP contribution in [0.1, 0.15) is 38.5 Å². The Morgan fingerprint density at radius 3 is 2.44 bits per heavy atom. The Bertz CT molecular complexity index is 326. The maximum atomic E-state index is 12.4. The molecule has 2 fully saturated rings. The summed E-state index contributed by atoms with van der Waals surface area (Å²) in [6.07, 6.45) is 6.16. The van der Waals surface area contributed by atoms with Crippen LogP contribution < -0.4 is 5.73 Å². The predicted octanol–water partition coefficient (Wildman–Crippen LogP) is 1.19. The maximum Gasteiger partial charge on any atom is 0.320 e. The molecule has 2 amide bonds. The van der Waals surface area contributed by atoms with Crippen molar-refractivity contribution in [2.75, 3.05) is 19.6 Å². The molecule has 1 unspecified atom stereocenters. The molecule has 6 heteroatoms. The van der Waals surface area contributed by atoms with Gasteiger partial charge in [0.2, 0.25) is 0 Å². The average Bonchev–Trinajstić information content (AvgIpc) is 2.46. The summed E-state index contributed by atoms with van der Waals surface area (Å²) in [5, 5.41) is 11.9. The van der Waals surface area contributed by atoms with Crippen molar-refractivity contribution in [3.63, 3.8) is 0 Å². The molecule has 2 rings (SSSR count). The minimum Gasteiger partial charge on any atom is -0.409 e. The Kier molecular flexibility index (Phi) is 4.28. The van der Waals surface area contributed by atoms with E-state index < -0.39 is 0 Å². The van der Waals surface area contributed by atoms with Gasteiger partial charge in [0, 0.05) is 19.6 Å². The fourth-order valence-corrected chi connectivity index (χ4v) is 2.80. The summed E-state index contributed by atoms with van der Waals surface area (Å²) in [5.41, 5.74) is 5.69. The number of amides is 2. The summed E-state index contributed by atoms with van der Waals surface area (Å²) in [5.74, 6) is 0.153. The Morgan fingerprint density at radius 2 is 1.78 bits per heavy atom. The lowest BCUT2D eigenvalue weighted by Gasteiger charge is -2.39. The molecule has 0 bridgehead atoms. The highest BCUT2D eigenvalue weighted by molar-refractivity contribution is 5.89. The quantitative estimate of drug-likeness (QED) is 0.319. The van der Waals surface area contributed by atoms with E-state index in [2.05, 4.69) is 5.16 Å². The topological polar surface area (TPSA) is 82.2 Å². The molecule has 3 N–H and O–H groups in total. The molecule has 18 heavy (non-hydrogen) atoms. The van der Waals surface area contributed by atoms with E-state index in [-0.39, 0.29) is 17.9 Å². The third-order valence-corrected chi connectivity index (χ3v) is 3.83. The van der Waals surface area contributed by atoms with Crippen molar-refractivity contribution in [1.29, 1.82) is 0 Å². The molecule has 1 atom stereocenters. The van der Waals surface area contributed by atoms with Crippen molar-refractivity contribution >= 4 is 11.9 Å². The van der Waals surface area contributed by atoms with Crippen LogP contribution in [0.5, 0.6) is 0 Å². The Labute approximate surface area is 107 Å². The predicted molar refractivity (Wildman–Crippen MR) is 68.6 cm³/mol. The Balaban J connectivity index is 2.05. The zero-order chi connectivity index (χ0) is 13.0. The smallest absolute Gasteiger partial charge is 0.320 e. The van der Waals surface area contributed by atoms with Crippen LogP contribution in [-0.4, -0.2) is 52.5 Å². The molecule has 2 aliphatic rings. The first-order valence-corrected chi connectivity index (χ1v) is 6.77. The Hall–Kier alpha value is -1.46. The van der Waals surface area contributed by atoms with Crippen LogP contribution >= 0.6 is 0 Å². The van der Waals surface area contributed by atoms with Gasteiger partial charge in [-0.25, -0.2) is 4.79 Å². The number of hydrogen-bond acceptors (Lipinski definition) is 3. The second-order valence-corrected chi connectivity index (χ2v) is 5.06. The van der Waals surface area contributed by atoms with Gasteiger partial charge >= 0.3 is 6.03 Å². The van der Waals surface area contributed by atoms with Crippen molar-refractivity contribution in [2.24, 2.45) is 10.9 Å². The molecule has 0 saturated carbocycles. The van der Waals surface area contributed by atoms with Crippen molar-refractivity contribution in [2.45, 2.75) is 44.6 Å². The second-order valence-electron chi connectivity index (χ2n) is 5.06. The van der Waals surface area contributed by atoms with Gasteiger partial charge in [0.25, 0.3) is 0 Å². The molecule has 0 aromatic rings. The molecule has 0 spiro atoms. The van der Waals surface area contributed by atoms with Gasteiger partial charge in [-0.3, -0.25) is 0 Å². The van der Waals surface area contributed by atoms with Crippen molar-refractivity contribution < 1.29 is 10.0 Å². The third-order valence-electron chi connectivity index (χ3n) is 3.83. The molecule has 0 aliphatic carbocycles.